The number of anilines is 1. The van der Waals surface area contributed by atoms with Crippen molar-refractivity contribution >= 4 is 32.2 Å². The number of alkyl carbamates (subject to hydrolysis) is 1. The summed E-state index contributed by atoms with van der Waals surface area (Å²) >= 11 is 0. The zero-order chi connectivity index (χ0) is 38.0. The van der Waals surface area contributed by atoms with Gasteiger partial charge < -0.3 is 24.3 Å². The molecular weight excluding hydrogens is 673 g/mol. The van der Waals surface area contributed by atoms with Gasteiger partial charge in [0.1, 0.15) is 17.0 Å². The highest BCUT2D eigenvalue weighted by molar-refractivity contribution is 6.74. The predicted molar refractivity (Wildman–Crippen MR) is 187 cm³/mol. The van der Waals surface area contributed by atoms with Gasteiger partial charge >= 0.3 is 24.0 Å². The first-order chi connectivity index (χ1) is 22.7. The van der Waals surface area contributed by atoms with Crippen LogP contribution in [0.15, 0.2) is 35.3 Å². The Kier molecular flexibility index (Phi) is 11.9. The molecule has 1 aliphatic heterocycles. The number of carbonyl (C=O) groups excluding carboxylic acids is 3. The molecule has 1 saturated heterocycles. The number of hydrogen-bond acceptors (Lipinski definition) is 7. The lowest BCUT2D eigenvalue weighted by Crippen LogP contribution is -2.60. The predicted octanol–water partition coefficient (Wildman–Crippen LogP) is 6.18. The van der Waals surface area contributed by atoms with Crippen LogP contribution in [-0.2, 0) is 26.6 Å². The Labute approximate surface area is 292 Å². The summed E-state index contributed by atoms with van der Waals surface area (Å²) in [6.07, 6.45) is -4.56. The van der Waals surface area contributed by atoms with E-state index < -0.39 is 55.1 Å². The van der Waals surface area contributed by atoms with Crippen LogP contribution >= 0.6 is 0 Å². The number of hydrogen-bond donors (Lipinski definition) is 2. The van der Waals surface area contributed by atoms with E-state index in [1.165, 1.54) is 34.2 Å². The highest BCUT2D eigenvalue weighted by Crippen LogP contribution is 2.39. The molecule has 278 valence electrons. The molecule has 0 saturated carbocycles. The first-order valence-corrected chi connectivity index (χ1v) is 19.5. The van der Waals surface area contributed by atoms with Gasteiger partial charge in [-0.05, 0) is 89.9 Å². The van der Waals surface area contributed by atoms with Gasteiger partial charge in [-0.15, -0.1) is 0 Å². The minimum Gasteiger partial charge on any atom is -0.444 e. The van der Waals surface area contributed by atoms with Crippen molar-refractivity contribution in [2.24, 2.45) is 0 Å². The van der Waals surface area contributed by atoms with Gasteiger partial charge in [0.05, 0.1) is 11.3 Å². The van der Waals surface area contributed by atoms with Gasteiger partial charge in [-0.25, -0.2) is 14.4 Å². The second-order valence-electron chi connectivity index (χ2n) is 15.7. The van der Waals surface area contributed by atoms with E-state index in [1.807, 2.05) is 13.1 Å². The zero-order valence-corrected chi connectivity index (χ0v) is 31.9. The van der Waals surface area contributed by atoms with Gasteiger partial charge in [0, 0.05) is 38.5 Å². The van der Waals surface area contributed by atoms with Crippen molar-refractivity contribution in [3.63, 3.8) is 0 Å². The molecule has 0 aliphatic carbocycles. The molecular formula is C34H51F3N6O6Si. The number of piperazine rings is 1. The van der Waals surface area contributed by atoms with Gasteiger partial charge in [0.2, 0.25) is 5.91 Å². The number of aromatic nitrogens is 2. The molecule has 1 atom stereocenters. The average molecular weight is 725 g/mol. The normalized spacial score (nSPS) is 15.4. The topological polar surface area (TPSA) is 135 Å². The van der Waals surface area contributed by atoms with Crippen LogP contribution in [-0.4, -0.2) is 89.1 Å². The quantitative estimate of drug-likeness (QED) is 0.311. The van der Waals surface area contributed by atoms with Crippen molar-refractivity contribution in [2.45, 2.75) is 110 Å². The van der Waals surface area contributed by atoms with Crippen LogP contribution in [0, 0.1) is 0 Å². The maximum Gasteiger partial charge on any atom is 0.416 e. The van der Waals surface area contributed by atoms with E-state index in [1.54, 1.807) is 41.5 Å². The summed E-state index contributed by atoms with van der Waals surface area (Å²) in [5.41, 5.74) is -3.70. The fourth-order valence-electron chi connectivity index (χ4n) is 5.17. The minimum absolute atomic E-state index is 0.0284. The summed E-state index contributed by atoms with van der Waals surface area (Å²) in [6, 6.07) is 4.45. The average Bonchev–Trinajstić information content (AvgIpc) is 2.94. The van der Waals surface area contributed by atoms with Crippen molar-refractivity contribution in [3.8, 4) is 5.69 Å². The number of ether oxygens (including phenoxy) is 1. The van der Waals surface area contributed by atoms with Crippen LogP contribution < -0.4 is 16.3 Å². The summed E-state index contributed by atoms with van der Waals surface area (Å²) in [6.45, 7) is 21.0. The Bertz CT molecular complexity index is 1620. The summed E-state index contributed by atoms with van der Waals surface area (Å²) in [4.78, 5) is 58.1. The molecule has 1 aliphatic rings. The van der Waals surface area contributed by atoms with Gasteiger partial charge in [0.15, 0.2) is 8.32 Å². The fraction of sp³-hybridized carbons (Fsp3) is 0.618. The smallest absolute Gasteiger partial charge is 0.416 e. The summed E-state index contributed by atoms with van der Waals surface area (Å²) in [5.74, 6) is -0.425. The van der Waals surface area contributed by atoms with E-state index in [-0.39, 0.29) is 60.6 Å². The number of amides is 4. The third kappa shape index (κ3) is 10.5. The fourth-order valence-corrected chi connectivity index (χ4v) is 6.61. The van der Waals surface area contributed by atoms with Crippen molar-refractivity contribution in [2.75, 3.05) is 31.5 Å². The molecule has 1 aromatic heterocycles. The molecule has 0 bridgehead atoms. The van der Waals surface area contributed by atoms with Crippen molar-refractivity contribution in [1.29, 1.82) is 0 Å². The monoisotopic (exact) mass is 724 g/mol. The molecule has 0 radical (unpaired) electrons. The third-order valence-electron chi connectivity index (χ3n) is 8.73. The largest absolute Gasteiger partial charge is 0.444 e. The maximum atomic E-state index is 14.2. The van der Waals surface area contributed by atoms with Crippen LogP contribution in [0.5, 0.6) is 0 Å². The van der Waals surface area contributed by atoms with Gasteiger partial charge in [-0.2, -0.15) is 18.2 Å². The van der Waals surface area contributed by atoms with E-state index in [0.717, 1.165) is 10.6 Å². The standard InChI is InChI=1S/C34H51F3N6O6Si/c1-22(49-50(10,11)32(5,6)7)20-23-12-13-24(21-25(23)34(35,36)37)43-15-14-26(39-29(43)46)38-28(45)42-18-16-41(17-19-42)27(44)33(8,9)40-30(47)48-31(2,3)4/h12-15,21-22H,16-20H2,1-11H3,(H,40,47)(H,38,39,45,46). The van der Waals surface area contributed by atoms with Gasteiger partial charge in [-0.1, -0.05) is 26.8 Å². The van der Waals surface area contributed by atoms with Gasteiger partial charge in [0.25, 0.3) is 0 Å². The van der Waals surface area contributed by atoms with Crippen molar-refractivity contribution in [1.82, 2.24) is 24.7 Å². The first kappa shape index (κ1) is 40.5. The number of rotatable bonds is 8. The molecule has 2 heterocycles. The van der Waals surface area contributed by atoms with Crippen molar-refractivity contribution in [3.05, 3.63) is 52.1 Å². The van der Waals surface area contributed by atoms with Gasteiger partial charge in [-0.3, -0.25) is 14.7 Å². The summed E-state index contributed by atoms with van der Waals surface area (Å²) < 4.78 is 55.1. The molecule has 2 aromatic rings. The van der Waals surface area contributed by atoms with Crippen LogP contribution in [0.1, 0.15) is 73.4 Å². The third-order valence-corrected chi connectivity index (χ3v) is 13.3. The number of nitrogens with zero attached hydrogens (tertiary/aromatic N) is 4. The Hall–Kier alpha value is -3.92. The van der Waals surface area contributed by atoms with E-state index >= 15 is 0 Å². The number of halogens is 3. The summed E-state index contributed by atoms with van der Waals surface area (Å²) in [5, 5.41) is 5.03. The van der Waals surface area contributed by atoms with Crippen LogP contribution in [0.25, 0.3) is 5.69 Å². The number of nitrogens with one attached hydrogen (secondary N) is 2. The Morgan fingerprint density at radius 3 is 2.04 bits per heavy atom. The number of benzene rings is 1. The Morgan fingerprint density at radius 1 is 0.940 bits per heavy atom. The highest BCUT2D eigenvalue weighted by atomic mass is 28.4. The molecule has 3 rings (SSSR count). The molecule has 16 heteroatoms. The molecule has 4 amide bonds. The Morgan fingerprint density at radius 2 is 1.52 bits per heavy atom. The first-order valence-electron chi connectivity index (χ1n) is 16.5. The van der Waals surface area contributed by atoms with E-state index in [2.05, 4.69) is 36.4 Å². The highest BCUT2D eigenvalue weighted by Gasteiger charge is 2.40. The molecule has 0 spiro atoms. The maximum absolute atomic E-state index is 14.2. The molecule has 12 nitrogen and oxygen atoms in total. The SMILES string of the molecule is CC(Cc1ccc(-n2ccc(NC(=O)N3CCN(C(=O)C(C)(C)NC(=O)OC(C)(C)C)CC3)nc2=O)cc1C(F)(F)F)O[Si](C)(C)C(C)(C)C. The summed E-state index contributed by atoms with van der Waals surface area (Å²) in [7, 11) is -2.21. The van der Waals surface area contributed by atoms with Crippen LogP contribution in [0.3, 0.4) is 0 Å². The second kappa shape index (κ2) is 14.7. The molecule has 1 unspecified atom stereocenters. The minimum atomic E-state index is -4.67. The number of carbonyl (C=O) groups is 3. The van der Waals surface area contributed by atoms with Crippen molar-refractivity contribution < 1.29 is 36.7 Å². The zero-order valence-electron chi connectivity index (χ0n) is 30.9. The van der Waals surface area contributed by atoms with Crippen LogP contribution in [0.4, 0.5) is 28.6 Å². The molecule has 2 N–H and O–H groups in total. The van der Waals surface area contributed by atoms with E-state index in [0.29, 0.717) is 0 Å². The molecule has 1 fully saturated rings. The lowest BCUT2D eigenvalue weighted by atomic mass is 10.0. The lowest BCUT2D eigenvalue weighted by Gasteiger charge is -2.38. The number of alkyl halides is 3. The Balaban J connectivity index is 1.67. The van der Waals surface area contributed by atoms with E-state index in [9.17, 15) is 32.3 Å². The van der Waals surface area contributed by atoms with E-state index in [4.69, 9.17) is 9.16 Å². The lowest BCUT2D eigenvalue weighted by molar-refractivity contribution is -0.139. The number of urea groups is 1. The van der Waals surface area contributed by atoms with Crippen LogP contribution in [0.2, 0.25) is 18.1 Å². The second-order valence-corrected chi connectivity index (χ2v) is 20.4. The molecule has 50 heavy (non-hydrogen) atoms. The molecule has 1 aromatic carbocycles.